The minimum Gasteiger partial charge on any atom is -0.378 e. The lowest BCUT2D eigenvalue weighted by Gasteiger charge is -2.29. The molecule has 7 heteroatoms. The largest absolute Gasteiger partial charge is 0.378 e. The van der Waals surface area contributed by atoms with E-state index in [0.717, 1.165) is 30.2 Å². The Labute approximate surface area is 128 Å². The predicted octanol–water partition coefficient (Wildman–Crippen LogP) is 0.880. The molecular formula is C15H19N5O2. The van der Waals surface area contributed by atoms with Crippen LogP contribution in [-0.2, 0) is 11.3 Å². The van der Waals surface area contributed by atoms with Crippen molar-refractivity contribution in [1.29, 1.82) is 0 Å². The van der Waals surface area contributed by atoms with E-state index >= 15 is 0 Å². The Kier molecular flexibility index (Phi) is 4.34. The molecule has 0 saturated carbocycles. The number of pyridine rings is 1. The van der Waals surface area contributed by atoms with Crippen molar-refractivity contribution in [2.24, 2.45) is 0 Å². The summed E-state index contributed by atoms with van der Waals surface area (Å²) in [5, 5.41) is 9.56. The van der Waals surface area contributed by atoms with Crippen LogP contribution in [0.15, 0.2) is 24.5 Å². The summed E-state index contributed by atoms with van der Waals surface area (Å²) in [5.41, 5.74) is 2.33. The summed E-state index contributed by atoms with van der Waals surface area (Å²) in [7, 11) is 0. The number of morpholine rings is 1. The molecule has 2 aromatic rings. The topological polar surface area (TPSA) is 83.1 Å². The highest BCUT2D eigenvalue weighted by molar-refractivity contribution is 5.94. The summed E-state index contributed by atoms with van der Waals surface area (Å²) in [6, 6.07) is 3.87. The maximum atomic E-state index is 12.2. The summed E-state index contributed by atoms with van der Waals surface area (Å²) >= 11 is 0. The van der Waals surface area contributed by atoms with Gasteiger partial charge in [0.1, 0.15) is 5.82 Å². The Morgan fingerprint density at radius 1 is 1.45 bits per heavy atom. The number of hydrogen-bond donors (Lipinski definition) is 2. The summed E-state index contributed by atoms with van der Waals surface area (Å²) in [6.07, 6.45) is 3.31. The molecule has 0 aliphatic carbocycles. The van der Waals surface area contributed by atoms with Crippen LogP contribution in [0.5, 0.6) is 0 Å². The van der Waals surface area contributed by atoms with Crippen molar-refractivity contribution >= 4 is 11.7 Å². The monoisotopic (exact) mass is 301 g/mol. The highest BCUT2D eigenvalue weighted by Gasteiger charge is 2.17. The number of amides is 1. The van der Waals surface area contributed by atoms with Gasteiger partial charge < -0.3 is 15.0 Å². The average Bonchev–Trinajstić information content (AvgIpc) is 3.00. The average molecular weight is 301 g/mol. The third kappa shape index (κ3) is 3.09. The molecule has 22 heavy (non-hydrogen) atoms. The SMILES string of the molecule is Cc1[nH]ncc1C(=O)NCc1cccnc1N1CCOCC1. The molecule has 0 atom stereocenters. The van der Waals surface area contributed by atoms with Crippen molar-refractivity contribution < 1.29 is 9.53 Å². The molecular weight excluding hydrogens is 282 g/mol. The number of carbonyl (C=O) groups is 1. The first-order valence-corrected chi connectivity index (χ1v) is 7.30. The number of aromatic nitrogens is 3. The molecule has 116 valence electrons. The molecule has 0 bridgehead atoms. The number of aryl methyl sites for hydroxylation is 1. The number of nitrogens with zero attached hydrogens (tertiary/aromatic N) is 3. The number of aromatic amines is 1. The molecule has 1 fully saturated rings. The van der Waals surface area contributed by atoms with Crippen molar-refractivity contribution in [2.75, 3.05) is 31.2 Å². The van der Waals surface area contributed by atoms with E-state index in [9.17, 15) is 4.79 Å². The van der Waals surface area contributed by atoms with Crippen LogP contribution < -0.4 is 10.2 Å². The van der Waals surface area contributed by atoms with Gasteiger partial charge in [0.2, 0.25) is 0 Å². The van der Waals surface area contributed by atoms with Gasteiger partial charge in [0.05, 0.1) is 25.0 Å². The van der Waals surface area contributed by atoms with Crippen LogP contribution in [0.4, 0.5) is 5.82 Å². The van der Waals surface area contributed by atoms with E-state index in [4.69, 9.17) is 4.74 Å². The number of anilines is 1. The molecule has 1 saturated heterocycles. The van der Waals surface area contributed by atoms with Crippen LogP contribution in [0.1, 0.15) is 21.6 Å². The summed E-state index contributed by atoms with van der Waals surface area (Å²) in [6.45, 7) is 5.31. The second-order valence-electron chi connectivity index (χ2n) is 5.18. The Balaban J connectivity index is 1.70. The van der Waals surface area contributed by atoms with Crippen LogP contribution in [0.25, 0.3) is 0 Å². The second kappa shape index (κ2) is 6.57. The molecule has 1 aliphatic heterocycles. The fourth-order valence-electron chi connectivity index (χ4n) is 2.48. The van der Waals surface area contributed by atoms with E-state index in [0.29, 0.717) is 25.3 Å². The maximum absolute atomic E-state index is 12.2. The molecule has 0 spiro atoms. The third-order valence-electron chi connectivity index (χ3n) is 3.69. The van der Waals surface area contributed by atoms with Crippen molar-refractivity contribution in [1.82, 2.24) is 20.5 Å². The van der Waals surface area contributed by atoms with E-state index in [2.05, 4.69) is 25.4 Å². The number of rotatable bonds is 4. The zero-order valence-electron chi connectivity index (χ0n) is 12.5. The molecule has 0 unspecified atom stereocenters. The molecule has 7 nitrogen and oxygen atoms in total. The maximum Gasteiger partial charge on any atom is 0.255 e. The van der Waals surface area contributed by atoms with E-state index in [1.165, 1.54) is 6.20 Å². The highest BCUT2D eigenvalue weighted by Crippen LogP contribution is 2.18. The summed E-state index contributed by atoms with van der Waals surface area (Å²) in [5.74, 6) is 0.776. The van der Waals surface area contributed by atoms with Crippen LogP contribution in [0.3, 0.4) is 0 Å². The molecule has 2 aromatic heterocycles. The Morgan fingerprint density at radius 2 is 2.27 bits per heavy atom. The first-order chi connectivity index (χ1) is 10.8. The summed E-state index contributed by atoms with van der Waals surface area (Å²) in [4.78, 5) is 18.8. The molecule has 0 radical (unpaired) electrons. The number of carbonyl (C=O) groups excluding carboxylic acids is 1. The number of hydrogen-bond acceptors (Lipinski definition) is 5. The van der Waals surface area contributed by atoms with Crippen LogP contribution in [0, 0.1) is 6.92 Å². The van der Waals surface area contributed by atoms with Gasteiger partial charge in [-0.3, -0.25) is 9.89 Å². The van der Waals surface area contributed by atoms with Crippen molar-refractivity contribution in [3.8, 4) is 0 Å². The lowest BCUT2D eigenvalue weighted by Crippen LogP contribution is -2.37. The van der Waals surface area contributed by atoms with E-state index < -0.39 is 0 Å². The van der Waals surface area contributed by atoms with Crippen molar-refractivity contribution in [3.63, 3.8) is 0 Å². The molecule has 2 N–H and O–H groups in total. The van der Waals surface area contributed by atoms with Crippen molar-refractivity contribution in [2.45, 2.75) is 13.5 Å². The fraction of sp³-hybridized carbons (Fsp3) is 0.400. The quantitative estimate of drug-likeness (QED) is 0.876. The minimum atomic E-state index is -0.136. The fourth-order valence-corrected chi connectivity index (χ4v) is 2.48. The highest BCUT2D eigenvalue weighted by atomic mass is 16.5. The molecule has 0 aromatic carbocycles. The zero-order chi connectivity index (χ0) is 15.4. The van der Waals surface area contributed by atoms with Gasteiger partial charge in [-0.15, -0.1) is 0 Å². The second-order valence-corrected chi connectivity index (χ2v) is 5.18. The van der Waals surface area contributed by atoms with Crippen LogP contribution >= 0.6 is 0 Å². The normalized spacial score (nSPS) is 14.9. The van der Waals surface area contributed by atoms with Gasteiger partial charge in [-0.2, -0.15) is 5.10 Å². The van der Waals surface area contributed by atoms with Gasteiger partial charge in [-0.1, -0.05) is 6.07 Å². The molecule has 1 aliphatic rings. The number of ether oxygens (including phenoxy) is 1. The number of H-pyrrole nitrogens is 1. The first-order valence-electron chi connectivity index (χ1n) is 7.30. The smallest absolute Gasteiger partial charge is 0.255 e. The molecule has 3 heterocycles. The van der Waals surface area contributed by atoms with Crippen LogP contribution in [-0.4, -0.2) is 47.4 Å². The Bertz CT molecular complexity index is 649. The van der Waals surface area contributed by atoms with Crippen molar-refractivity contribution in [3.05, 3.63) is 41.3 Å². The summed E-state index contributed by atoms with van der Waals surface area (Å²) < 4.78 is 5.37. The van der Waals surface area contributed by atoms with E-state index in [1.807, 2.05) is 19.1 Å². The first kappa shape index (κ1) is 14.5. The molecule has 1 amide bonds. The van der Waals surface area contributed by atoms with E-state index in [1.54, 1.807) is 6.20 Å². The standard InChI is InChI=1S/C15H19N5O2/c1-11-13(10-18-19-11)15(21)17-9-12-3-2-4-16-14(12)20-5-7-22-8-6-20/h2-4,10H,5-9H2,1H3,(H,17,21)(H,18,19). The van der Waals surface area contributed by atoms with Crippen LogP contribution in [0.2, 0.25) is 0 Å². The molecule has 3 rings (SSSR count). The van der Waals surface area contributed by atoms with Gasteiger partial charge in [-0.05, 0) is 13.0 Å². The van der Waals surface area contributed by atoms with Gasteiger partial charge in [0.25, 0.3) is 5.91 Å². The lowest BCUT2D eigenvalue weighted by molar-refractivity contribution is 0.0950. The minimum absolute atomic E-state index is 0.136. The number of nitrogens with one attached hydrogen (secondary N) is 2. The van der Waals surface area contributed by atoms with Gasteiger partial charge >= 0.3 is 0 Å². The van der Waals surface area contributed by atoms with E-state index in [-0.39, 0.29) is 5.91 Å². The predicted molar refractivity (Wildman–Crippen MR) is 81.8 cm³/mol. The lowest BCUT2D eigenvalue weighted by atomic mass is 10.2. The van der Waals surface area contributed by atoms with Gasteiger partial charge in [0.15, 0.2) is 0 Å². The third-order valence-corrected chi connectivity index (χ3v) is 3.69. The zero-order valence-corrected chi connectivity index (χ0v) is 12.5. The Hall–Kier alpha value is -2.41. The van der Waals surface area contributed by atoms with Gasteiger partial charge in [-0.25, -0.2) is 4.98 Å². The van der Waals surface area contributed by atoms with Gasteiger partial charge in [0, 0.05) is 37.1 Å². The Morgan fingerprint density at radius 3 is 3.00 bits per heavy atom.